The second-order valence-corrected chi connectivity index (χ2v) is 13.1. The Hall–Kier alpha value is -6.06. The van der Waals surface area contributed by atoms with Gasteiger partial charge >= 0.3 is 0 Å². The van der Waals surface area contributed by atoms with Crippen molar-refractivity contribution in [1.82, 2.24) is 14.8 Å². The first-order valence-electron chi connectivity index (χ1n) is 16.5. The number of pyridine rings is 1. The van der Waals surface area contributed by atoms with Gasteiger partial charge in [-0.05, 0) is 80.9 Å². The van der Waals surface area contributed by atoms with Gasteiger partial charge in [0.05, 0.1) is 28.8 Å². The van der Waals surface area contributed by atoms with Gasteiger partial charge in [-0.25, -0.2) is 9.67 Å². The maximum Gasteiger partial charge on any atom is 0.0744 e. The van der Waals surface area contributed by atoms with Gasteiger partial charge in [0.25, 0.3) is 0 Å². The van der Waals surface area contributed by atoms with Crippen LogP contribution in [0, 0.1) is 0 Å². The Balaban J connectivity index is 1.09. The second kappa shape index (κ2) is 11.0. The van der Waals surface area contributed by atoms with Crippen LogP contribution in [0.15, 0.2) is 164 Å². The SMILES string of the molecule is CC1(C)c2ccc(-c3ccc(-c4cc(-c5ccccc5)nc(-c5ccccc5)c4)cc3)cc2-c2ccc3c(cnn3-c3ccccc3)c21. The zero-order valence-electron chi connectivity index (χ0n) is 26.9. The molecule has 0 radical (unpaired) electrons. The quantitative estimate of drug-likeness (QED) is 0.193. The molecule has 0 aliphatic heterocycles. The molecule has 0 N–H and O–H groups in total. The number of hydrogen-bond acceptors (Lipinski definition) is 2. The van der Waals surface area contributed by atoms with Crippen molar-refractivity contribution in [2.45, 2.75) is 19.3 Å². The maximum atomic E-state index is 5.06. The van der Waals surface area contributed by atoms with Crippen LogP contribution in [0.5, 0.6) is 0 Å². The number of para-hydroxylation sites is 1. The topological polar surface area (TPSA) is 30.7 Å². The molecule has 3 heteroatoms. The highest BCUT2D eigenvalue weighted by Gasteiger charge is 2.37. The highest BCUT2D eigenvalue weighted by atomic mass is 15.3. The van der Waals surface area contributed by atoms with E-state index in [-0.39, 0.29) is 5.41 Å². The summed E-state index contributed by atoms with van der Waals surface area (Å²) in [5.41, 5.74) is 16.3. The standard InChI is InChI=1S/C45H33N3/c1-45(2)40-24-22-34(26-38(40)37-23-25-43-39(44(37)45)29-46-48(43)36-16-10-5-11-17-36)30-18-20-31(21-19-30)35-27-41(32-12-6-3-7-13-32)47-42(28-35)33-14-8-4-9-15-33/h3-29H,1-2H3. The number of fused-ring (bicyclic) bond motifs is 5. The van der Waals surface area contributed by atoms with Gasteiger partial charge in [-0.15, -0.1) is 0 Å². The zero-order chi connectivity index (χ0) is 32.2. The van der Waals surface area contributed by atoms with Crippen molar-refractivity contribution in [2.75, 3.05) is 0 Å². The summed E-state index contributed by atoms with van der Waals surface area (Å²) < 4.78 is 2.05. The minimum absolute atomic E-state index is 0.134. The lowest BCUT2D eigenvalue weighted by Crippen LogP contribution is -2.15. The summed E-state index contributed by atoms with van der Waals surface area (Å²) >= 11 is 0. The molecule has 9 rings (SSSR count). The van der Waals surface area contributed by atoms with Gasteiger partial charge in [0.15, 0.2) is 0 Å². The van der Waals surface area contributed by atoms with Gasteiger partial charge in [0.1, 0.15) is 0 Å². The number of aromatic nitrogens is 3. The summed E-state index contributed by atoms with van der Waals surface area (Å²) in [7, 11) is 0. The third-order valence-electron chi connectivity index (χ3n) is 9.88. The van der Waals surface area contributed by atoms with E-state index in [0.29, 0.717) is 0 Å². The first-order valence-corrected chi connectivity index (χ1v) is 16.5. The molecule has 0 fully saturated rings. The fourth-order valence-electron chi connectivity index (χ4n) is 7.47. The highest BCUT2D eigenvalue weighted by molar-refractivity contribution is 5.97. The Labute approximate surface area is 280 Å². The van der Waals surface area contributed by atoms with E-state index < -0.39 is 0 Å². The average molecular weight is 616 g/mol. The monoisotopic (exact) mass is 615 g/mol. The number of rotatable bonds is 5. The van der Waals surface area contributed by atoms with E-state index >= 15 is 0 Å². The Morgan fingerprint density at radius 2 is 1.04 bits per heavy atom. The molecular formula is C45H33N3. The lowest BCUT2D eigenvalue weighted by Gasteiger charge is -2.22. The fourth-order valence-corrected chi connectivity index (χ4v) is 7.47. The van der Waals surface area contributed by atoms with Crippen LogP contribution in [0.2, 0.25) is 0 Å². The molecule has 8 aromatic rings. The molecule has 2 aromatic heterocycles. The normalized spacial score (nSPS) is 13.0. The molecule has 1 aliphatic rings. The van der Waals surface area contributed by atoms with Crippen molar-refractivity contribution in [1.29, 1.82) is 0 Å². The van der Waals surface area contributed by atoms with Crippen LogP contribution in [0.25, 0.3) is 72.5 Å². The van der Waals surface area contributed by atoms with Crippen molar-refractivity contribution < 1.29 is 0 Å². The largest absolute Gasteiger partial charge is 0.248 e. The first kappa shape index (κ1) is 28.2. The predicted octanol–water partition coefficient (Wildman–Crippen LogP) is 11.4. The fraction of sp³-hybridized carbons (Fsp3) is 0.0667. The van der Waals surface area contributed by atoms with Gasteiger partial charge in [-0.2, -0.15) is 5.10 Å². The van der Waals surface area contributed by atoms with Gasteiger partial charge in [-0.1, -0.05) is 135 Å². The van der Waals surface area contributed by atoms with Gasteiger partial charge in [0.2, 0.25) is 0 Å². The van der Waals surface area contributed by atoms with E-state index in [1.165, 1.54) is 44.3 Å². The van der Waals surface area contributed by atoms with E-state index in [2.05, 4.69) is 158 Å². The minimum Gasteiger partial charge on any atom is -0.248 e. The van der Waals surface area contributed by atoms with Crippen molar-refractivity contribution in [2.24, 2.45) is 0 Å². The van der Waals surface area contributed by atoms with Crippen LogP contribution in [-0.4, -0.2) is 14.8 Å². The van der Waals surface area contributed by atoms with E-state index in [1.54, 1.807) is 0 Å². The second-order valence-electron chi connectivity index (χ2n) is 13.1. The minimum atomic E-state index is -0.134. The molecule has 0 spiro atoms. The molecule has 0 saturated heterocycles. The van der Waals surface area contributed by atoms with E-state index in [1.807, 2.05) is 24.4 Å². The predicted molar refractivity (Wildman–Crippen MR) is 198 cm³/mol. The lowest BCUT2D eigenvalue weighted by atomic mass is 9.81. The third-order valence-corrected chi connectivity index (χ3v) is 9.88. The number of nitrogens with zero attached hydrogens (tertiary/aromatic N) is 3. The Morgan fingerprint density at radius 1 is 0.479 bits per heavy atom. The van der Waals surface area contributed by atoms with E-state index in [0.717, 1.165) is 39.3 Å². The van der Waals surface area contributed by atoms with Crippen molar-refractivity contribution in [3.63, 3.8) is 0 Å². The smallest absolute Gasteiger partial charge is 0.0744 e. The zero-order valence-corrected chi connectivity index (χ0v) is 26.9. The Morgan fingerprint density at radius 3 is 1.67 bits per heavy atom. The summed E-state index contributed by atoms with van der Waals surface area (Å²) in [5.74, 6) is 0. The number of hydrogen-bond donors (Lipinski definition) is 0. The molecular weight excluding hydrogens is 583 g/mol. The van der Waals surface area contributed by atoms with Crippen LogP contribution < -0.4 is 0 Å². The Kier molecular flexibility index (Phi) is 6.48. The van der Waals surface area contributed by atoms with Gasteiger partial charge in [0, 0.05) is 21.9 Å². The summed E-state index contributed by atoms with van der Waals surface area (Å²) in [6, 6.07) is 56.1. The molecule has 0 atom stereocenters. The molecule has 228 valence electrons. The molecule has 48 heavy (non-hydrogen) atoms. The van der Waals surface area contributed by atoms with Gasteiger partial charge in [-0.3, -0.25) is 0 Å². The average Bonchev–Trinajstić information content (AvgIpc) is 3.68. The molecule has 0 bridgehead atoms. The van der Waals surface area contributed by atoms with Crippen molar-refractivity contribution in [3.05, 3.63) is 175 Å². The van der Waals surface area contributed by atoms with Crippen LogP contribution in [0.3, 0.4) is 0 Å². The summed E-state index contributed by atoms with van der Waals surface area (Å²) in [6.07, 6.45) is 2.04. The van der Waals surface area contributed by atoms with Crippen LogP contribution in [-0.2, 0) is 5.41 Å². The van der Waals surface area contributed by atoms with Gasteiger partial charge < -0.3 is 0 Å². The summed E-state index contributed by atoms with van der Waals surface area (Å²) in [6.45, 7) is 4.68. The molecule has 3 nitrogen and oxygen atoms in total. The lowest BCUT2D eigenvalue weighted by molar-refractivity contribution is 0.666. The van der Waals surface area contributed by atoms with E-state index in [4.69, 9.17) is 10.1 Å². The molecule has 1 aliphatic carbocycles. The molecule has 0 amide bonds. The van der Waals surface area contributed by atoms with Crippen molar-refractivity contribution in [3.8, 4) is 61.6 Å². The van der Waals surface area contributed by atoms with Crippen LogP contribution in [0.4, 0.5) is 0 Å². The summed E-state index contributed by atoms with van der Waals surface area (Å²) in [5, 5.41) is 6.04. The maximum absolute atomic E-state index is 5.06. The third kappa shape index (κ3) is 4.58. The molecule has 0 saturated carbocycles. The highest BCUT2D eigenvalue weighted by Crippen LogP contribution is 2.52. The van der Waals surface area contributed by atoms with E-state index in [9.17, 15) is 0 Å². The first-order chi connectivity index (χ1) is 23.5. The van der Waals surface area contributed by atoms with Crippen LogP contribution in [0.1, 0.15) is 25.0 Å². The Bertz CT molecular complexity index is 2380. The summed E-state index contributed by atoms with van der Waals surface area (Å²) in [4.78, 5) is 5.06. The van der Waals surface area contributed by atoms with Crippen molar-refractivity contribution >= 4 is 10.9 Å². The molecule has 0 unspecified atom stereocenters. The molecule has 2 heterocycles. The van der Waals surface area contributed by atoms with Crippen LogP contribution >= 0.6 is 0 Å². The number of benzene rings is 6. The molecule has 6 aromatic carbocycles.